The number of hydrogen-bond donors (Lipinski definition) is 1. The molecule has 0 amide bonds. The van der Waals surface area contributed by atoms with Crippen LogP contribution in [0.1, 0.15) is 6.92 Å². The van der Waals surface area contributed by atoms with Gasteiger partial charge in [-0.25, -0.2) is 0 Å². The highest BCUT2D eigenvalue weighted by Crippen LogP contribution is 1.72. The van der Waals surface area contributed by atoms with Gasteiger partial charge in [0.25, 0.3) is 0 Å². The summed E-state index contributed by atoms with van der Waals surface area (Å²) in [5, 5.41) is 3.28. The molecule has 0 saturated carbocycles. The van der Waals surface area contributed by atoms with Crippen molar-refractivity contribution in [2.75, 3.05) is 46.9 Å². The summed E-state index contributed by atoms with van der Waals surface area (Å²) < 4.78 is 5.16. The maximum Gasteiger partial charge on any atom is 0.0590 e. The topological polar surface area (TPSA) is 24.5 Å². The Kier molecular flexibility index (Phi) is 7.89. The highest BCUT2D eigenvalue weighted by Gasteiger charge is 1.88. The average molecular weight is 160 g/mol. The zero-order valence-corrected chi connectivity index (χ0v) is 7.89. The number of rotatable bonds is 7. The first-order valence-corrected chi connectivity index (χ1v) is 4.20. The van der Waals surface area contributed by atoms with Crippen LogP contribution >= 0.6 is 0 Å². The molecular formula is C8H20N2O. The first-order valence-electron chi connectivity index (χ1n) is 4.20. The number of likely N-dealkylation sites (N-methyl/N-ethyl adjacent to an activating group) is 1. The molecule has 0 unspecified atom stereocenters. The highest BCUT2D eigenvalue weighted by molar-refractivity contribution is 4.49. The summed E-state index contributed by atoms with van der Waals surface area (Å²) in [5.41, 5.74) is 0. The van der Waals surface area contributed by atoms with Crippen LogP contribution in [-0.2, 0) is 4.74 Å². The molecule has 0 heterocycles. The molecule has 1 N–H and O–H groups in total. The SMILES string of the molecule is CCOCCNCCN(C)C. The predicted molar refractivity (Wildman–Crippen MR) is 47.9 cm³/mol. The van der Waals surface area contributed by atoms with Crippen LogP contribution in [0.25, 0.3) is 0 Å². The number of nitrogens with zero attached hydrogens (tertiary/aromatic N) is 1. The predicted octanol–water partition coefficient (Wildman–Crippen LogP) is 0.174. The van der Waals surface area contributed by atoms with Gasteiger partial charge >= 0.3 is 0 Å². The molecular weight excluding hydrogens is 140 g/mol. The Bertz CT molecular complexity index is 76.5. The molecule has 0 aliphatic rings. The van der Waals surface area contributed by atoms with Crippen LogP contribution in [0.15, 0.2) is 0 Å². The third kappa shape index (κ3) is 9.88. The second-order valence-electron chi connectivity index (χ2n) is 2.75. The minimum Gasteiger partial charge on any atom is -0.380 e. The van der Waals surface area contributed by atoms with Gasteiger partial charge in [-0.05, 0) is 21.0 Å². The first-order chi connectivity index (χ1) is 5.27. The molecule has 0 aromatic rings. The van der Waals surface area contributed by atoms with E-state index in [1.54, 1.807) is 0 Å². The lowest BCUT2D eigenvalue weighted by molar-refractivity contribution is 0.149. The molecule has 0 aromatic heterocycles. The number of nitrogens with one attached hydrogen (secondary N) is 1. The normalized spacial score (nSPS) is 10.9. The Hall–Kier alpha value is -0.120. The molecule has 0 spiro atoms. The van der Waals surface area contributed by atoms with Crippen LogP contribution in [0.2, 0.25) is 0 Å². The van der Waals surface area contributed by atoms with Gasteiger partial charge in [0.05, 0.1) is 6.61 Å². The van der Waals surface area contributed by atoms with Crippen molar-refractivity contribution in [2.45, 2.75) is 6.92 Å². The van der Waals surface area contributed by atoms with Crippen LogP contribution in [0.4, 0.5) is 0 Å². The van der Waals surface area contributed by atoms with Gasteiger partial charge in [0, 0.05) is 26.2 Å². The van der Waals surface area contributed by atoms with Crippen molar-refractivity contribution in [1.29, 1.82) is 0 Å². The molecule has 3 heteroatoms. The second kappa shape index (κ2) is 7.98. The lowest BCUT2D eigenvalue weighted by Gasteiger charge is -2.09. The van der Waals surface area contributed by atoms with Crippen LogP contribution in [0.5, 0.6) is 0 Å². The Balaban J connectivity index is 2.80. The first kappa shape index (κ1) is 10.9. The quantitative estimate of drug-likeness (QED) is 0.537. The summed E-state index contributed by atoms with van der Waals surface area (Å²) in [4.78, 5) is 2.16. The van der Waals surface area contributed by atoms with E-state index in [9.17, 15) is 0 Å². The maximum absolute atomic E-state index is 5.16. The van der Waals surface area contributed by atoms with E-state index in [0.29, 0.717) is 0 Å². The molecule has 11 heavy (non-hydrogen) atoms. The van der Waals surface area contributed by atoms with Crippen molar-refractivity contribution in [1.82, 2.24) is 10.2 Å². The summed E-state index contributed by atoms with van der Waals surface area (Å²) in [6, 6.07) is 0. The third-order valence-electron chi connectivity index (χ3n) is 1.36. The summed E-state index contributed by atoms with van der Waals surface area (Å²) in [6.07, 6.45) is 0. The van der Waals surface area contributed by atoms with Crippen molar-refractivity contribution in [3.8, 4) is 0 Å². The Morgan fingerprint density at radius 2 is 2.00 bits per heavy atom. The van der Waals surface area contributed by atoms with Gasteiger partial charge in [-0.15, -0.1) is 0 Å². The zero-order chi connectivity index (χ0) is 8.53. The van der Waals surface area contributed by atoms with Crippen LogP contribution < -0.4 is 5.32 Å². The van der Waals surface area contributed by atoms with Crippen molar-refractivity contribution in [3.05, 3.63) is 0 Å². The largest absolute Gasteiger partial charge is 0.380 e. The number of ether oxygens (including phenoxy) is 1. The Morgan fingerprint density at radius 3 is 2.55 bits per heavy atom. The molecule has 0 aliphatic carbocycles. The van der Waals surface area contributed by atoms with Gasteiger partial charge in [-0.2, -0.15) is 0 Å². The van der Waals surface area contributed by atoms with Crippen LogP contribution in [0, 0.1) is 0 Å². The van der Waals surface area contributed by atoms with Gasteiger partial charge < -0.3 is 15.0 Å². The molecule has 68 valence electrons. The fourth-order valence-corrected chi connectivity index (χ4v) is 0.716. The van der Waals surface area contributed by atoms with Crippen LogP contribution in [-0.4, -0.2) is 51.8 Å². The summed E-state index contributed by atoms with van der Waals surface area (Å²) >= 11 is 0. The van der Waals surface area contributed by atoms with E-state index in [2.05, 4.69) is 24.3 Å². The average Bonchev–Trinajstić information content (AvgIpc) is 1.96. The second-order valence-corrected chi connectivity index (χ2v) is 2.75. The maximum atomic E-state index is 5.16. The fourth-order valence-electron chi connectivity index (χ4n) is 0.716. The molecule has 0 radical (unpaired) electrons. The molecule has 0 atom stereocenters. The zero-order valence-electron chi connectivity index (χ0n) is 7.89. The van der Waals surface area contributed by atoms with Gasteiger partial charge in [-0.3, -0.25) is 0 Å². The lowest BCUT2D eigenvalue weighted by Crippen LogP contribution is -2.28. The molecule has 0 aromatic carbocycles. The standard InChI is InChI=1S/C8H20N2O/c1-4-11-8-6-9-5-7-10(2)3/h9H,4-8H2,1-3H3. The lowest BCUT2D eigenvalue weighted by atomic mass is 10.5. The highest BCUT2D eigenvalue weighted by atomic mass is 16.5. The number of hydrogen-bond acceptors (Lipinski definition) is 3. The summed E-state index contributed by atoms with van der Waals surface area (Å²) in [6.45, 7) is 6.74. The Morgan fingerprint density at radius 1 is 1.27 bits per heavy atom. The van der Waals surface area contributed by atoms with E-state index in [4.69, 9.17) is 4.74 Å². The van der Waals surface area contributed by atoms with E-state index in [1.165, 1.54) is 0 Å². The monoisotopic (exact) mass is 160 g/mol. The van der Waals surface area contributed by atoms with Crippen LogP contribution in [0.3, 0.4) is 0 Å². The van der Waals surface area contributed by atoms with Crippen molar-refractivity contribution in [3.63, 3.8) is 0 Å². The van der Waals surface area contributed by atoms with Gasteiger partial charge in [0.2, 0.25) is 0 Å². The van der Waals surface area contributed by atoms with Gasteiger partial charge in [0.1, 0.15) is 0 Å². The summed E-state index contributed by atoms with van der Waals surface area (Å²) in [5.74, 6) is 0. The Labute approximate surface area is 69.7 Å². The minimum atomic E-state index is 0.815. The van der Waals surface area contributed by atoms with E-state index in [0.717, 1.165) is 32.8 Å². The minimum absolute atomic E-state index is 0.815. The van der Waals surface area contributed by atoms with Gasteiger partial charge in [-0.1, -0.05) is 0 Å². The molecule has 0 fully saturated rings. The fraction of sp³-hybridized carbons (Fsp3) is 1.00. The molecule has 0 saturated heterocycles. The molecule has 3 nitrogen and oxygen atoms in total. The van der Waals surface area contributed by atoms with E-state index in [1.807, 2.05) is 6.92 Å². The van der Waals surface area contributed by atoms with E-state index < -0.39 is 0 Å². The van der Waals surface area contributed by atoms with Crippen molar-refractivity contribution >= 4 is 0 Å². The van der Waals surface area contributed by atoms with Crippen molar-refractivity contribution in [2.24, 2.45) is 0 Å². The smallest absolute Gasteiger partial charge is 0.0590 e. The molecule has 0 bridgehead atoms. The van der Waals surface area contributed by atoms with Gasteiger partial charge in [0.15, 0.2) is 0 Å². The third-order valence-corrected chi connectivity index (χ3v) is 1.36. The molecule has 0 rings (SSSR count). The van der Waals surface area contributed by atoms with Crippen molar-refractivity contribution < 1.29 is 4.74 Å². The van der Waals surface area contributed by atoms with E-state index in [-0.39, 0.29) is 0 Å². The summed E-state index contributed by atoms with van der Waals surface area (Å²) in [7, 11) is 4.15. The molecule has 0 aliphatic heterocycles. The van der Waals surface area contributed by atoms with E-state index >= 15 is 0 Å².